The van der Waals surface area contributed by atoms with Gasteiger partial charge in [-0.25, -0.2) is 19.2 Å². The minimum atomic E-state index is -1.11. The van der Waals surface area contributed by atoms with Gasteiger partial charge < -0.3 is 19.5 Å². The highest BCUT2D eigenvalue weighted by molar-refractivity contribution is 9.10. The lowest BCUT2D eigenvalue weighted by Gasteiger charge is -2.20. The fourth-order valence-electron chi connectivity index (χ4n) is 3.56. The molecule has 0 radical (unpaired) electrons. The average Bonchev–Trinajstić information content (AvgIpc) is 2.85. The number of methoxy groups -OCH3 is 1. The van der Waals surface area contributed by atoms with Gasteiger partial charge in [0.15, 0.2) is 0 Å². The summed E-state index contributed by atoms with van der Waals surface area (Å²) >= 11 is 3.48. The second kappa shape index (κ2) is 11.2. The summed E-state index contributed by atoms with van der Waals surface area (Å²) in [5.74, 6) is -0.523. The first-order chi connectivity index (χ1) is 16.9. The van der Waals surface area contributed by atoms with Crippen LogP contribution in [0.15, 0.2) is 71.5 Å². The van der Waals surface area contributed by atoms with Crippen molar-refractivity contribution in [1.29, 1.82) is 0 Å². The quantitative estimate of drug-likeness (QED) is 0.272. The fraction of sp³-hybridized carbons (Fsp3) is 0.192. The van der Waals surface area contributed by atoms with Crippen molar-refractivity contribution in [3.8, 4) is 5.75 Å². The van der Waals surface area contributed by atoms with Gasteiger partial charge in [0, 0.05) is 15.9 Å². The number of rotatable bonds is 9. The molecule has 3 aromatic carbocycles. The van der Waals surface area contributed by atoms with Crippen LogP contribution in [0.25, 0.3) is 10.9 Å². The van der Waals surface area contributed by atoms with Crippen LogP contribution in [0.1, 0.15) is 11.1 Å². The first-order valence-electron chi connectivity index (χ1n) is 10.8. The number of halogens is 2. The highest BCUT2D eigenvalue weighted by Crippen LogP contribution is 2.33. The van der Waals surface area contributed by atoms with Crippen LogP contribution in [0.4, 0.5) is 15.9 Å². The van der Waals surface area contributed by atoms with E-state index in [1.807, 2.05) is 49.4 Å². The maximum Gasteiger partial charge on any atom is 0.349 e. The molecule has 0 saturated heterocycles. The van der Waals surface area contributed by atoms with E-state index in [1.54, 1.807) is 0 Å². The number of benzene rings is 3. The van der Waals surface area contributed by atoms with E-state index in [0.717, 1.165) is 26.5 Å². The van der Waals surface area contributed by atoms with E-state index in [0.29, 0.717) is 11.5 Å². The van der Waals surface area contributed by atoms with E-state index in [2.05, 4.69) is 31.2 Å². The summed E-state index contributed by atoms with van der Waals surface area (Å²) < 4.78 is 31.5. The van der Waals surface area contributed by atoms with Crippen LogP contribution in [-0.4, -0.2) is 35.8 Å². The second-order valence-electron chi connectivity index (χ2n) is 7.73. The lowest BCUT2D eigenvalue weighted by atomic mass is 10.1. The van der Waals surface area contributed by atoms with Crippen LogP contribution in [0.2, 0.25) is 0 Å². The molecule has 0 aliphatic heterocycles. The number of hydrogen-bond acceptors (Lipinski definition) is 7. The Morgan fingerprint density at radius 3 is 2.69 bits per heavy atom. The van der Waals surface area contributed by atoms with E-state index in [-0.39, 0.29) is 19.0 Å². The number of aryl methyl sites for hydroxylation is 1. The number of carbonyl (C=O) groups excluding carboxylic acids is 1. The van der Waals surface area contributed by atoms with Gasteiger partial charge in [0.25, 0.3) is 0 Å². The molecule has 0 unspecified atom stereocenters. The Morgan fingerprint density at radius 2 is 1.91 bits per heavy atom. The molecule has 0 fully saturated rings. The maximum absolute atomic E-state index is 14.2. The molecule has 0 amide bonds. The number of carbonyl (C=O) groups is 1. The van der Waals surface area contributed by atoms with Gasteiger partial charge in [-0.2, -0.15) is 0 Å². The molecule has 4 aromatic rings. The molecular formula is C26H23BrFN3O4. The molecular weight excluding hydrogens is 517 g/mol. The SMILES string of the molecule is COC(=O)[C@@H](COCc1ccccc1)Oc1cc(F)ccc1Nc1ncnc2cc(Br)cc(C)c12. The van der Waals surface area contributed by atoms with E-state index in [4.69, 9.17) is 14.2 Å². The first-order valence-corrected chi connectivity index (χ1v) is 11.6. The Labute approximate surface area is 210 Å². The third-order valence-corrected chi connectivity index (χ3v) is 5.67. The Morgan fingerprint density at radius 1 is 1.11 bits per heavy atom. The largest absolute Gasteiger partial charge is 0.474 e. The van der Waals surface area contributed by atoms with Crippen molar-refractivity contribution < 1.29 is 23.4 Å². The number of aromatic nitrogens is 2. The monoisotopic (exact) mass is 539 g/mol. The number of fused-ring (bicyclic) bond motifs is 1. The summed E-state index contributed by atoms with van der Waals surface area (Å²) in [7, 11) is 1.26. The van der Waals surface area contributed by atoms with E-state index in [1.165, 1.54) is 31.6 Å². The van der Waals surface area contributed by atoms with Gasteiger partial charge in [-0.15, -0.1) is 0 Å². The Balaban J connectivity index is 1.59. The molecule has 7 nitrogen and oxygen atoms in total. The summed E-state index contributed by atoms with van der Waals surface area (Å²) in [4.78, 5) is 21.1. The molecule has 35 heavy (non-hydrogen) atoms. The van der Waals surface area contributed by atoms with Crippen LogP contribution in [-0.2, 0) is 20.9 Å². The Hall–Kier alpha value is -3.56. The number of nitrogens with zero attached hydrogens (tertiary/aromatic N) is 2. The van der Waals surface area contributed by atoms with Gasteiger partial charge in [0.2, 0.25) is 6.10 Å². The molecule has 1 aromatic heterocycles. The third-order valence-electron chi connectivity index (χ3n) is 5.21. The molecule has 0 aliphatic rings. The normalized spacial score (nSPS) is 11.8. The molecule has 1 atom stereocenters. The smallest absolute Gasteiger partial charge is 0.349 e. The summed E-state index contributed by atoms with van der Waals surface area (Å²) in [6, 6.07) is 17.4. The fourth-order valence-corrected chi connectivity index (χ4v) is 4.12. The van der Waals surface area contributed by atoms with Gasteiger partial charge in [0.1, 0.15) is 23.7 Å². The zero-order chi connectivity index (χ0) is 24.8. The highest BCUT2D eigenvalue weighted by Gasteiger charge is 2.24. The molecule has 0 spiro atoms. The van der Waals surface area contributed by atoms with Crippen molar-refractivity contribution in [2.24, 2.45) is 0 Å². The molecule has 1 N–H and O–H groups in total. The number of anilines is 2. The topological polar surface area (TPSA) is 82.6 Å². The Kier molecular flexibility index (Phi) is 7.89. The van der Waals surface area contributed by atoms with Crippen molar-refractivity contribution in [2.75, 3.05) is 19.0 Å². The van der Waals surface area contributed by atoms with Crippen LogP contribution in [0.3, 0.4) is 0 Å². The lowest BCUT2D eigenvalue weighted by molar-refractivity contribution is -0.152. The number of nitrogens with one attached hydrogen (secondary N) is 1. The van der Waals surface area contributed by atoms with E-state index >= 15 is 0 Å². The van der Waals surface area contributed by atoms with Crippen molar-refractivity contribution in [3.05, 3.63) is 88.4 Å². The third kappa shape index (κ3) is 6.12. The zero-order valence-corrected chi connectivity index (χ0v) is 20.7. The molecule has 9 heteroatoms. The molecule has 0 bridgehead atoms. The average molecular weight is 540 g/mol. The maximum atomic E-state index is 14.2. The predicted molar refractivity (Wildman–Crippen MR) is 134 cm³/mol. The van der Waals surface area contributed by atoms with Gasteiger partial charge >= 0.3 is 5.97 Å². The molecule has 0 saturated carbocycles. The van der Waals surface area contributed by atoms with Gasteiger partial charge in [-0.05, 0) is 42.3 Å². The summed E-state index contributed by atoms with van der Waals surface area (Å²) in [5, 5.41) is 4.00. The summed E-state index contributed by atoms with van der Waals surface area (Å²) in [5.41, 5.74) is 3.05. The predicted octanol–water partition coefficient (Wildman–Crippen LogP) is 5.72. The zero-order valence-electron chi connectivity index (χ0n) is 19.1. The standard InChI is InChI=1S/C26H23BrFN3O4/c1-16-10-18(27)11-21-24(16)25(30-15-29-21)31-20-9-8-19(28)12-22(20)35-23(26(32)33-2)14-34-13-17-6-4-3-5-7-17/h3-12,15,23H,13-14H2,1-2H3,(H,29,30,31)/t23-/m1/s1. The minimum absolute atomic E-state index is 0.0822. The van der Waals surface area contributed by atoms with Crippen molar-refractivity contribution >= 4 is 44.3 Å². The highest BCUT2D eigenvalue weighted by atomic mass is 79.9. The Bertz CT molecular complexity index is 1340. The van der Waals surface area contributed by atoms with Gasteiger partial charge in [-0.3, -0.25) is 0 Å². The lowest BCUT2D eigenvalue weighted by Crippen LogP contribution is -2.33. The first kappa shape index (κ1) is 24.6. The second-order valence-corrected chi connectivity index (χ2v) is 8.65. The molecule has 0 aliphatic carbocycles. The number of ether oxygens (including phenoxy) is 3. The number of hydrogen-bond donors (Lipinski definition) is 1. The van der Waals surface area contributed by atoms with Crippen molar-refractivity contribution in [2.45, 2.75) is 19.6 Å². The van der Waals surface area contributed by atoms with Crippen molar-refractivity contribution in [3.63, 3.8) is 0 Å². The van der Waals surface area contributed by atoms with Gasteiger partial charge in [-0.1, -0.05) is 46.3 Å². The van der Waals surface area contributed by atoms with Gasteiger partial charge in [0.05, 0.1) is 31.5 Å². The van der Waals surface area contributed by atoms with Crippen LogP contribution < -0.4 is 10.1 Å². The van der Waals surface area contributed by atoms with Crippen LogP contribution >= 0.6 is 15.9 Å². The van der Waals surface area contributed by atoms with Crippen LogP contribution in [0, 0.1) is 12.7 Å². The molecule has 180 valence electrons. The van der Waals surface area contributed by atoms with E-state index in [9.17, 15) is 9.18 Å². The number of esters is 1. The van der Waals surface area contributed by atoms with Crippen molar-refractivity contribution in [1.82, 2.24) is 9.97 Å². The molecule has 4 rings (SSSR count). The summed E-state index contributed by atoms with van der Waals surface area (Å²) in [6.07, 6.45) is 0.334. The molecule has 1 heterocycles. The minimum Gasteiger partial charge on any atom is -0.474 e. The van der Waals surface area contributed by atoms with E-state index < -0.39 is 17.9 Å². The van der Waals surface area contributed by atoms with Crippen LogP contribution in [0.5, 0.6) is 5.75 Å². The summed E-state index contributed by atoms with van der Waals surface area (Å²) in [6.45, 7) is 2.15.